The number of rotatable bonds is 4. The zero-order chi connectivity index (χ0) is 20.3. The van der Waals surface area contributed by atoms with Crippen molar-refractivity contribution in [3.63, 3.8) is 0 Å². The topological polar surface area (TPSA) is 43.5 Å². The zero-order valence-corrected chi connectivity index (χ0v) is 16.7. The average Bonchev–Trinajstić information content (AvgIpc) is 2.69. The normalized spacial score (nSPS) is 12.9. The van der Waals surface area contributed by atoms with E-state index in [9.17, 15) is 9.90 Å². The van der Waals surface area contributed by atoms with E-state index in [1.54, 1.807) is 12.1 Å². The molecule has 0 saturated carbocycles. The van der Waals surface area contributed by atoms with Gasteiger partial charge in [0.2, 0.25) is 0 Å². The van der Waals surface area contributed by atoms with E-state index in [4.69, 9.17) is 0 Å². The van der Waals surface area contributed by atoms with Gasteiger partial charge in [-0.25, -0.2) is 9.37 Å². The molecule has 0 fully saturated rings. The molecule has 0 unspecified atom stereocenters. The van der Waals surface area contributed by atoms with E-state index in [-0.39, 0.29) is 5.56 Å². The highest BCUT2D eigenvalue weighted by molar-refractivity contribution is 6.04. The lowest BCUT2D eigenvalue weighted by Gasteiger charge is -2.16. The highest BCUT2D eigenvalue weighted by Gasteiger charge is 2.14. The van der Waals surface area contributed by atoms with Crippen molar-refractivity contribution >= 4 is 22.9 Å². The van der Waals surface area contributed by atoms with Crippen LogP contribution in [0.5, 0.6) is 0 Å². The summed E-state index contributed by atoms with van der Waals surface area (Å²) in [5.41, 5.74) is 6.79. The van der Waals surface area contributed by atoms with Crippen LogP contribution in [0.1, 0.15) is 21.5 Å². The zero-order valence-electron chi connectivity index (χ0n) is 16.7. The predicted octanol–water partition coefficient (Wildman–Crippen LogP) is 4.09. The lowest BCUT2D eigenvalue weighted by molar-refractivity contribution is -0.462. The Labute approximate surface area is 166 Å². The third kappa shape index (κ3) is 4.12. The van der Waals surface area contributed by atoms with Gasteiger partial charge in [0.05, 0.1) is 5.56 Å². The number of anilines is 1. The molecule has 1 aliphatic rings. The largest absolute Gasteiger partial charge is 0.478 e. The minimum atomic E-state index is -0.918. The Morgan fingerprint density at radius 1 is 0.786 bits per heavy atom. The number of carboxylic acids is 1. The number of hydrogen-bond acceptors (Lipinski definition) is 2. The van der Waals surface area contributed by atoms with Crippen LogP contribution in [-0.4, -0.2) is 49.6 Å². The van der Waals surface area contributed by atoms with Crippen molar-refractivity contribution in [1.82, 2.24) is 0 Å². The molecule has 4 nitrogen and oxygen atoms in total. The number of benzene rings is 2. The van der Waals surface area contributed by atoms with Crippen LogP contribution in [-0.2, 0) is 0 Å². The Hall–Kier alpha value is -3.40. The highest BCUT2D eigenvalue weighted by Crippen LogP contribution is 2.31. The van der Waals surface area contributed by atoms with E-state index in [0.29, 0.717) is 0 Å². The van der Waals surface area contributed by atoms with E-state index in [1.165, 1.54) is 0 Å². The fraction of sp³-hybridized carbons (Fsp3) is 0.167. The molecule has 4 heteroatoms. The molecule has 0 saturated heterocycles. The summed E-state index contributed by atoms with van der Waals surface area (Å²) in [4.78, 5) is 13.3. The number of nitrogens with zero attached hydrogens (tertiary/aromatic N) is 2. The van der Waals surface area contributed by atoms with Gasteiger partial charge in [-0.05, 0) is 58.7 Å². The van der Waals surface area contributed by atoms with Gasteiger partial charge >= 0.3 is 5.97 Å². The van der Waals surface area contributed by atoms with Crippen LogP contribution < -0.4 is 4.90 Å². The first kappa shape index (κ1) is 19.4. The smallest absolute Gasteiger partial charge is 0.335 e. The van der Waals surface area contributed by atoms with Gasteiger partial charge in [-0.3, -0.25) is 0 Å². The second-order valence-corrected chi connectivity index (χ2v) is 7.14. The predicted molar refractivity (Wildman–Crippen MR) is 116 cm³/mol. The van der Waals surface area contributed by atoms with Crippen LogP contribution in [0.4, 0.5) is 5.69 Å². The molecule has 1 N–H and O–H groups in total. The van der Waals surface area contributed by atoms with Crippen LogP contribution in [0.2, 0.25) is 0 Å². The fourth-order valence-corrected chi connectivity index (χ4v) is 3.13. The molecule has 0 aliphatic heterocycles. The van der Waals surface area contributed by atoms with Crippen molar-refractivity contribution in [1.29, 1.82) is 0 Å². The molecule has 2 aromatic carbocycles. The number of carboxylic acid groups (broad SMARTS) is 1. The van der Waals surface area contributed by atoms with Gasteiger partial charge in [-0.15, -0.1) is 0 Å². The molecule has 0 amide bonds. The van der Waals surface area contributed by atoms with Gasteiger partial charge in [0.25, 0.3) is 0 Å². The second kappa shape index (κ2) is 8.09. The van der Waals surface area contributed by atoms with Crippen molar-refractivity contribution in [2.75, 3.05) is 33.1 Å². The van der Waals surface area contributed by atoms with Crippen LogP contribution in [0, 0.1) is 0 Å². The van der Waals surface area contributed by atoms with Crippen molar-refractivity contribution in [3.05, 3.63) is 95.1 Å². The molecule has 28 heavy (non-hydrogen) atoms. The quantitative estimate of drug-likeness (QED) is 0.821. The van der Waals surface area contributed by atoms with E-state index in [2.05, 4.69) is 58.0 Å². The Kier molecular flexibility index (Phi) is 5.59. The lowest BCUT2D eigenvalue weighted by atomic mass is 9.90. The van der Waals surface area contributed by atoms with Gasteiger partial charge in [-0.2, -0.15) is 0 Å². The first-order chi connectivity index (χ1) is 13.4. The number of aromatic carboxylic acids is 1. The lowest BCUT2D eigenvalue weighted by Crippen LogP contribution is -2.10. The molecule has 0 aromatic heterocycles. The molecule has 3 rings (SSSR count). The van der Waals surface area contributed by atoms with Crippen LogP contribution in [0.25, 0.3) is 5.57 Å². The maximum absolute atomic E-state index is 11.2. The van der Waals surface area contributed by atoms with Crippen LogP contribution in [0.15, 0.2) is 78.4 Å². The van der Waals surface area contributed by atoms with Crippen molar-refractivity contribution < 1.29 is 14.5 Å². The maximum Gasteiger partial charge on any atom is 0.335 e. The summed E-state index contributed by atoms with van der Waals surface area (Å²) >= 11 is 0. The Morgan fingerprint density at radius 2 is 1.25 bits per heavy atom. The summed E-state index contributed by atoms with van der Waals surface area (Å²) in [5, 5.41) is 9.20. The van der Waals surface area contributed by atoms with Crippen molar-refractivity contribution in [3.8, 4) is 0 Å². The molecule has 2 aromatic rings. The molecule has 0 spiro atoms. The minimum Gasteiger partial charge on any atom is -0.478 e. The summed E-state index contributed by atoms with van der Waals surface area (Å²) in [5.74, 6) is -0.918. The van der Waals surface area contributed by atoms with Crippen LogP contribution in [0.3, 0.4) is 0 Å². The Balaban J connectivity index is 2.13. The van der Waals surface area contributed by atoms with Gasteiger partial charge in [0.15, 0.2) is 5.71 Å². The summed E-state index contributed by atoms with van der Waals surface area (Å²) in [6.07, 6.45) is 8.40. The third-order valence-electron chi connectivity index (χ3n) is 4.77. The van der Waals surface area contributed by atoms with E-state index in [1.807, 2.05) is 40.3 Å². The summed E-state index contributed by atoms with van der Waals surface area (Å²) in [6.45, 7) is 0. The average molecular weight is 373 g/mol. The second-order valence-electron chi connectivity index (χ2n) is 7.14. The van der Waals surface area contributed by atoms with E-state index < -0.39 is 5.97 Å². The van der Waals surface area contributed by atoms with E-state index >= 15 is 0 Å². The molecular formula is C24H25N2O2+. The van der Waals surface area contributed by atoms with Crippen molar-refractivity contribution in [2.24, 2.45) is 0 Å². The standard InChI is InChI=1S/C24H24N2O2/c1-25(2)21-13-9-18(10-14-21)23(17-5-7-20(8-6-17)24(27)28)19-11-15-22(16-12-19)26(3)4/h5-16H,1-4H3/p+1. The summed E-state index contributed by atoms with van der Waals surface area (Å²) in [6, 6.07) is 15.5. The third-order valence-corrected chi connectivity index (χ3v) is 4.77. The molecule has 0 bridgehead atoms. The fourth-order valence-electron chi connectivity index (χ4n) is 3.13. The van der Waals surface area contributed by atoms with Gasteiger partial charge in [0.1, 0.15) is 14.1 Å². The summed E-state index contributed by atoms with van der Waals surface area (Å²) < 4.78 is 2.07. The SMILES string of the molecule is CN(C)c1ccc(C(=C2C=CC(=[N+](C)C)C=C2)c2ccc(C(=O)O)cc2)cc1. The van der Waals surface area contributed by atoms with E-state index in [0.717, 1.165) is 33.7 Å². The highest BCUT2D eigenvalue weighted by atomic mass is 16.4. The molecule has 0 radical (unpaired) electrons. The van der Waals surface area contributed by atoms with Crippen molar-refractivity contribution in [2.45, 2.75) is 0 Å². The monoisotopic (exact) mass is 373 g/mol. The molecule has 0 heterocycles. The molecule has 142 valence electrons. The first-order valence-corrected chi connectivity index (χ1v) is 9.13. The Morgan fingerprint density at radius 3 is 1.68 bits per heavy atom. The minimum absolute atomic E-state index is 0.286. The van der Waals surface area contributed by atoms with Gasteiger partial charge in [0, 0.05) is 31.9 Å². The molecular weight excluding hydrogens is 348 g/mol. The number of carbonyl (C=O) groups is 1. The summed E-state index contributed by atoms with van der Waals surface area (Å²) in [7, 11) is 8.07. The first-order valence-electron chi connectivity index (χ1n) is 9.13. The molecule has 1 aliphatic carbocycles. The maximum atomic E-state index is 11.2. The molecule has 0 atom stereocenters. The van der Waals surface area contributed by atoms with Gasteiger partial charge in [-0.1, -0.05) is 24.3 Å². The van der Waals surface area contributed by atoms with Crippen LogP contribution >= 0.6 is 0 Å². The number of hydrogen-bond donors (Lipinski definition) is 1. The van der Waals surface area contributed by atoms with Gasteiger partial charge < -0.3 is 10.0 Å². The number of allylic oxidation sites excluding steroid dienone is 5. The Bertz CT molecular complexity index is 984.